The van der Waals surface area contributed by atoms with Crippen molar-refractivity contribution in [3.05, 3.63) is 35.4 Å². The maximum Gasteiger partial charge on any atom is 0.0348 e. The summed E-state index contributed by atoms with van der Waals surface area (Å²) >= 11 is 0. The second kappa shape index (κ2) is 9.14. The van der Waals surface area contributed by atoms with Crippen molar-refractivity contribution in [2.75, 3.05) is 6.54 Å². The highest BCUT2D eigenvalue weighted by molar-refractivity contribution is 5.26. The minimum Gasteiger partial charge on any atom is -0.310 e. The Bertz CT molecular complexity index is 341. The van der Waals surface area contributed by atoms with E-state index >= 15 is 0 Å². The average molecular weight is 261 g/mol. The molecule has 19 heavy (non-hydrogen) atoms. The monoisotopic (exact) mass is 261 g/mol. The Morgan fingerprint density at radius 3 is 2.32 bits per heavy atom. The molecule has 0 aromatic heterocycles. The summed E-state index contributed by atoms with van der Waals surface area (Å²) in [5.74, 6) is 0.739. The molecule has 1 atom stereocenters. The standard InChI is InChI=1S/C18H31N/c1-5-10-15-11-9-12-17(14-15)18(19-13-6-2)16(7-3)8-4/h9,11-12,14,16,18-19H,5-8,10,13H2,1-4H3. The first-order chi connectivity index (χ1) is 9.26. The minimum atomic E-state index is 0.520. The zero-order chi connectivity index (χ0) is 14.1. The summed E-state index contributed by atoms with van der Waals surface area (Å²) in [7, 11) is 0. The summed E-state index contributed by atoms with van der Waals surface area (Å²) in [4.78, 5) is 0. The number of aryl methyl sites for hydroxylation is 1. The lowest BCUT2D eigenvalue weighted by Crippen LogP contribution is -2.28. The molecule has 1 aromatic rings. The lowest BCUT2D eigenvalue weighted by atomic mass is 9.87. The number of nitrogens with one attached hydrogen (secondary N) is 1. The first kappa shape index (κ1) is 16.2. The van der Waals surface area contributed by atoms with Crippen LogP contribution in [0.5, 0.6) is 0 Å². The van der Waals surface area contributed by atoms with Gasteiger partial charge < -0.3 is 5.32 Å². The van der Waals surface area contributed by atoms with Gasteiger partial charge in [-0.05, 0) is 36.4 Å². The first-order valence-corrected chi connectivity index (χ1v) is 8.08. The molecule has 1 unspecified atom stereocenters. The van der Waals surface area contributed by atoms with Crippen molar-refractivity contribution in [1.82, 2.24) is 5.32 Å². The fraction of sp³-hybridized carbons (Fsp3) is 0.667. The van der Waals surface area contributed by atoms with Gasteiger partial charge in [0.25, 0.3) is 0 Å². The Morgan fingerprint density at radius 2 is 1.74 bits per heavy atom. The SMILES string of the molecule is CCCNC(c1cccc(CCC)c1)C(CC)CC. The summed E-state index contributed by atoms with van der Waals surface area (Å²) in [5.41, 5.74) is 2.96. The summed E-state index contributed by atoms with van der Waals surface area (Å²) < 4.78 is 0. The Kier molecular flexibility index (Phi) is 7.81. The van der Waals surface area contributed by atoms with Crippen molar-refractivity contribution in [3.8, 4) is 0 Å². The van der Waals surface area contributed by atoms with Gasteiger partial charge in [0.05, 0.1) is 0 Å². The molecule has 1 N–H and O–H groups in total. The molecule has 1 nitrogen and oxygen atoms in total. The second-order valence-electron chi connectivity index (χ2n) is 5.50. The number of hydrogen-bond donors (Lipinski definition) is 1. The fourth-order valence-electron chi connectivity index (χ4n) is 2.85. The average Bonchev–Trinajstić information content (AvgIpc) is 2.44. The summed E-state index contributed by atoms with van der Waals surface area (Å²) in [6.07, 6.45) is 6.11. The van der Waals surface area contributed by atoms with Crippen LogP contribution in [0, 0.1) is 5.92 Å². The predicted molar refractivity (Wildman–Crippen MR) is 85.5 cm³/mol. The maximum absolute atomic E-state index is 3.76. The molecule has 1 aromatic carbocycles. The van der Waals surface area contributed by atoms with Gasteiger partial charge in [-0.25, -0.2) is 0 Å². The van der Waals surface area contributed by atoms with E-state index in [0.29, 0.717) is 6.04 Å². The smallest absolute Gasteiger partial charge is 0.0348 e. The van der Waals surface area contributed by atoms with Crippen molar-refractivity contribution in [2.45, 2.75) is 65.8 Å². The van der Waals surface area contributed by atoms with E-state index in [0.717, 1.165) is 12.5 Å². The Hall–Kier alpha value is -0.820. The van der Waals surface area contributed by atoms with Crippen molar-refractivity contribution in [2.24, 2.45) is 5.92 Å². The highest BCUT2D eigenvalue weighted by Crippen LogP contribution is 2.28. The molecule has 108 valence electrons. The molecule has 0 bridgehead atoms. The van der Waals surface area contributed by atoms with E-state index in [-0.39, 0.29) is 0 Å². The van der Waals surface area contributed by atoms with E-state index in [9.17, 15) is 0 Å². The van der Waals surface area contributed by atoms with Gasteiger partial charge in [-0.1, -0.05) is 71.2 Å². The molecule has 0 fully saturated rings. The van der Waals surface area contributed by atoms with Gasteiger partial charge in [-0.3, -0.25) is 0 Å². The number of rotatable bonds is 9. The summed E-state index contributed by atoms with van der Waals surface area (Å²) in [6.45, 7) is 10.2. The van der Waals surface area contributed by atoms with Gasteiger partial charge >= 0.3 is 0 Å². The molecule has 1 rings (SSSR count). The highest BCUT2D eigenvalue weighted by Gasteiger charge is 2.19. The maximum atomic E-state index is 3.76. The van der Waals surface area contributed by atoms with Crippen LogP contribution in [0.25, 0.3) is 0 Å². The lowest BCUT2D eigenvalue weighted by Gasteiger charge is -2.27. The van der Waals surface area contributed by atoms with E-state index < -0.39 is 0 Å². The molecule has 0 spiro atoms. The Balaban J connectivity index is 2.91. The lowest BCUT2D eigenvalue weighted by molar-refractivity contribution is 0.341. The highest BCUT2D eigenvalue weighted by atomic mass is 14.9. The van der Waals surface area contributed by atoms with Crippen LogP contribution in [0.15, 0.2) is 24.3 Å². The van der Waals surface area contributed by atoms with Crippen LogP contribution in [-0.4, -0.2) is 6.54 Å². The number of hydrogen-bond acceptors (Lipinski definition) is 1. The zero-order valence-corrected chi connectivity index (χ0v) is 13.2. The number of benzene rings is 1. The van der Waals surface area contributed by atoms with E-state index in [1.807, 2.05) is 0 Å². The second-order valence-corrected chi connectivity index (χ2v) is 5.50. The van der Waals surface area contributed by atoms with E-state index in [2.05, 4.69) is 57.3 Å². The topological polar surface area (TPSA) is 12.0 Å². The minimum absolute atomic E-state index is 0.520. The van der Waals surface area contributed by atoms with Crippen molar-refractivity contribution >= 4 is 0 Å². The van der Waals surface area contributed by atoms with Crippen LogP contribution in [0.4, 0.5) is 0 Å². The van der Waals surface area contributed by atoms with Crippen molar-refractivity contribution < 1.29 is 0 Å². The van der Waals surface area contributed by atoms with Crippen molar-refractivity contribution in [1.29, 1.82) is 0 Å². The molecule has 0 amide bonds. The third-order valence-electron chi connectivity index (χ3n) is 3.98. The van der Waals surface area contributed by atoms with Gasteiger partial charge in [0.1, 0.15) is 0 Å². The van der Waals surface area contributed by atoms with Gasteiger partial charge in [0.2, 0.25) is 0 Å². The van der Waals surface area contributed by atoms with Crippen molar-refractivity contribution in [3.63, 3.8) is 0 Å². The molecule has 0 saturated heterocycles. The quantitative estimate of drug-likeness (QED) is 0.651. The molecule has 0 aliphatic heterocycles. The molecular formula is C18H31N. The molecule has 0 radical (unpaired) electrons. The van der Waals surface area contributed by atoms with E-state index in [1.165, 1.54) is 43.2 Å². The normalized spacial score (nSPS) is 12.9. The third-order valence-corrected chi connectivity index (χ3v) is 3.98. The third kappa shape index (κ3) is 4.99. The van der Waals surface area contributed by atoms with Gasteiger partial charge in [0, 0.05) is 6.04 Å². The van der Waals surface area contributed by atoms with Gasteiger partial charge in [-0.15, -0.1) is 0 Å². The molecule has 0 heterocycles. The summed E-state index contributed by atoms with van der Waals surface area (Å²) in [6, 6.07) is 9.71. The van der Waals surface area contributed by atoms with Crippen LogP contribution in [-0.2, 0) is 6.42 Å². The van der Waals surface area contributed by atoms with E-state index in [4.69, 9.17) is 0 Å². The largest absolute Gasteiger partial charge is 0.310 e. The van der Waals surface area contributed by atoms with Crippen LogP contribution in [0.1, 0.15) is 70.5 Å². The molecule has 0 aliphatic rings. The van der Waals surface area contributed by atoms with Crippen LogP contribution < -0.4 is 5.32 Å². The van der Waals surface area contributed by atoms with Crippen LogP contribution in [0.3, 0.4) is 0 Å². The summed E-state index contributed by atoms with van der Waals surface area (Å²) in [5, 5.41) is 3.76. The van der Waals surface area contributed by atoms with E-state index in [1.54, 1.807) is 0 Å². The zero-order valence-electron chi connectivity index (χ0n) is 13.2. The Morgan fingerprint density at radius 1 is 1.00 bits per heavy atom. The van der Waals surface area contributed by atoms with Gasteiger partial charge in [0.15, 0.2) is 0 Å². The van der Waals surface area contributed by atoms with Crippen LogP contribution in [0.2, 0.25) is 0 Å². The Labute approximate surface area is 119 Å². The molecular weight excluding hydrogens is 230 g/mol. The molecule has 0 saturated carbocycles. The van der Waals surface area contributed by atoms with Crippen LogP contribution >= 0.6 is 0 Å². The predicted octanol–water partition coefficient (Wildman–Crippen LogP) is 5.12. The first-order valence-electron chi connectivity index (χ1n) is 8.08. The van der Waals surface area contributed by atoms with Gasteiger partial charge in [-0.2, -0.15) is 0 Å². The molecule has 1 heteroatoms. The molecule has 0 aliphatic carbocycles. The fourth-order valence-corrected chi connectivity index (χ4v) is 2.85.